The summed E-state index contributed by atoms with van der Waals surface area (Å²) < 4.78 is 0. The maximum Gasteiger partial charge on any atom is 0.253 e. The molecule has 2 rings (SSSR count). The van der Waals surface area contributed by atoms with E-state index in [2.05, 4.69) is 5.32 Å². The van der Waals surface area contributed by atoms with Crippen LogP contribution in [0.4, 0.5) is 11.4 Å². The second-order valence-corrected chi connectivity index (χ2v) is 4.12. The van der Waals surface area contributed by atoms with Crippen LogP contribution < -0.4 is 21.5 Å². The van der Waals surface area contributed by atoms with Crippen molar-refractivity contribution in [3.05, 3.63) is 24.3 Å². The summed E-state index contributed by atoms with van der Waals surface area (Å²) in [6, 6.07) is 7.43. The summed E-state index contributed by atoms with van der Waals surface area (Å²) in [5.41, 5.74) is 3.69. The van der Waals surface area contributed by atoms with E-state index in [1.165, 1.54) is 0 Å². The fourth-order valence-corrected chi connectivity index (χ4v) is 1.94. The molecule has 4 N–H and O–H groups in total. The van der Waals surface area contributed by atoms with Crippen molar-refractivity contribution in [2.75, 3.05) is 23.3 Å². The van der Waals surface area contributed by atoms with Crippen molar-refractivity contribution in [1.29, 1.82) is 0 Å². The highest BCUT2D eigenvalue weighted by Crippen LogP contribution is 2.23. The standard InChI is InChI=1S/C12H16N4O2/c13-15-11(17)8-14-9-3-1-4-10(7-9)16-6-2-5-12(16)18/h1,3-4,7,14H,2,5-6,8,13H2,(H,15,17). The van der Waals surface area contributed by atoms with Gasteiger partial charge in [0.25, 0.3) is 5.91 Å². The van der Waals surface area contributed by atoms with Crippen molar-refractivity contribution in [1.82, 2.24) is 5.43 Å². The Morgan fingerprint density at radius 1 is 1.44 bits per heavy atom. The molecule has 0 unspecified atom stereocenters. The lowest BCUT2D eigenvalue weighted by Crippen LogP contribution is -2.35. The molecule has 18 heavy (non-hydrogen) atoms. The number of nitrogens with two attached hydrogens (primary N) is 1. The first kappa shape index (κ1) is 12.4. The van der Waals surface area contributed by atoms with E-state index in [9.17, 15) is 9.59 Å². The number of carbonyl (C=O) groups excluding carboxylic acids is 2. The number of hydrogen-bond acceptors (Lipinski definition) is 4. The average molecular weight is 248 g/mol. The van der Waals surface area contributed by atoms with E-state index in [1.807, 2.05) is 29.7 Å². The van der Waals surface area contributed by atoms with Crippen molar-refractivity contribution >= 4 is 23.2 Å². The Morgan fingerprint density at radius 3 is 2.94 bits per heavy atom. The van der Waals surface area contributed by atoms with E-state index in [1.54, 1.807) is 4.90 Å². The summed E-state index contributed by atoms with van der Waals surface area (Å²) >= 11 is 0. The second-order valence-electron chi connectivity index (χ2n) is 4.12. The fraction of sp³-hybridized carbons (Fsp3) is 0.333. The minimum Gasteiger partial charge on any atom is -0.376 e. The predicted molar refractivity (Wildman–Crippen MR) is 68.8 cm³/mol. The van der Waals surface area contributed by atoms with E-state index in [0.717, 1.165) is 24.3 Å². The molecular formula is C12H16N4O2. The molecule has 1 aliphatic rings. The number of amides is 2. The van der Waals surface area contributed by atoms with Crippen LogP contribution in [0.15, 0.2) is 24.3 Å². The molecule has 0 radical (unpaired) electrons. The Hall–Kier alpha value is -2.08. The zero-order valence-electron chi connectivity index (χ0n) is 9.98. The van der Waals surface area contributed by atoms with Crippen LogP contribution in [0, 0.1) is 0 Å². The van der Waals surface area contributed by atoms with Crippen molar-refractivity contribution in [3.8, 4) is 0 Å². The van der Waals surface area contributed by atoms with Crippen LogP contribution in [0.3, 0.4) is 0 Å². The van der Waals surface area contributed by atoms with Gasteiger partial charge in [-0.25, -0.2) is 5.84 Å². The van der Waals surface area contributed by atoms with Gasteiger partial charge in [-0.05, 0) is 24.6 Å². The third kappa shape index (κ3) is 2.78. The molecule has 1 heterocycles. The van der Waals surface area contributed by atoms with Crippen LogP contribution in [0.25, 0.3) is 0 Å². The Balaban J connectivity index is 2.05. The van der Waals surface area contributed by atoms with E-state index < -0.39 is 0 Å². The minimum absolute atomic E-state index is 0.105. The lowest BCUT2D eigenvalue weighted by Gasteiger charge is -2.16. The van der Waals surface area contributed by atoms with Gasteiger partial charge in [0.05, 0.1) is 6.54 Å². The first-order chi connectivity index (χ1) is 8.70. The summed E-state index contributed by atoms with van der Waals surface area (Å²) in [7, 11) is 0. The monoisotopic (exact) mass is 248 g/mol. The zero-order chi connectivity index (χ0) is 13.0. The van der Waals surface area contributed by atoms with Gasteiger partial charge in [0.2, 0.25) is 5.91 Å². The number of hydrogen-bond donors (Lipinski definition) is 3. The molecule has 0 saturated carbocycles. The fourth-order valence-electron chi connectivity index (χ4n) is 1.94. The van der Waals surface area contributed by atoms with Crippen LogP contribution >= 0.6 is 0 Å². The number of benzene rings is 1. The van der Waals surface area contributed by atoms with Crippen molar-refractivity contribution in [3.63, 3.8) is 0 Å². The number of hydrazine groups is 1. The molecule has 1 fully saturated rings. The van der Waals surface area contributed by atoms with Crippen LogP contribution in [0.1, 0.15) is 12.8 Å². The number of carbonyl (C=O) groups is 2. The van der Waals surface area contributed by atoms with Gasteiger partial charge in [-0.1, -0.05) is 6.07 Å². The number of rotatable bonds is 4. The Kier molecular flexibility index (Phi) is 3.78. The highest BCUT2D eigenvalue weighted by molar-refractivity contribution is 5.95. The third-order valence-corrected chi connectivity index (χ3v) is 2.85. The molecule has 1 saturated heterocycles. The average Bonchev–Trinajstić information content (AvgIpc) is 2.82. The van der Waals surface area contributed by atoms with E-state index in [-0.39, 0.29) is 18.4 Å². The van der Waals surface area contributed by atoms with Crippen LogP contribution in [0.2, 0.25) is 0 Å². The lowest BCUT2D eigenvalue weighted by atomic mass is 10.2. The molecule has 6 heteroatoms. The van der Waals surface area contributed by atoms with Gasteiger partial charge < -0.3 is 10.2 Å². The summed E-state index contributed by atoms with van der Waals surface area (Å²) in [5.74, 6) is 4.84. The molecule has 2 amide bonds. The number of nitrogens with one attached hydrogen (secondary N) is 2. The van der Waals surface area contributed by atoms with Crippen molar-refractivity contribution in [2.45, 2.75) is 12.8 Å². The minimum atomic E-state index is -0.294. The first-order valence-electron chi connectivity index (χ1n) is 5.84. The lowest BCUT2D eigenvalue weighted by molar-refractivity contribution is -0.119. The predicted octanol–water partition coefficient (Wildman–Crippen LogP) is 0.215. The van der Waals surface area contributed by atoms with Crippen molar-refractivity contribution in [2.24, 2.45) is 5.84 Å². The highest BCUT2D eigenvalue weighted by Gasteiger charge is 2.21. The number of nitrogens with zero attached hydrogens (tertiary/aromatic N) is 1. The summed E-state index contributed by atoms with van der Waals surface area (Å²) in [4.78, 5) is 24.4. The van der Waals surface area contributed by atoms with E-state index >= 15 is 0 Å². The van der Waals surface area contributed by atoms with Crippen LogP contribution in [0.5, 0.6) is 0 Å². The van der Waals surface area contributed by atoms with Crippen molar-refractivity contribution < 1.29 is 9.59 Å². The van der Waals surface area contributed by atoms with Gasteiger partial charge in [-0.2, -0.15) is 0 Å². The highest BCUT2D eigenvalue weighted by atomic mass is 16.2. The van der Waals surface area contributed by atoms with Gasteiger partial charge in [-0.3, -0.25) is 15.0 Å². The molecule has 0 atom stereocenters. The largest absolute Gasteiger partial charge is 0.376 e. The SMILES string of the molecule is NNC(=O)CNc1cccc(N2CCCC2=O)c1. The molecular weight excluding hydrogens is 232 g/mol. The molecule has 6 nitrogen and oxygen atoms in total. The summed E-state index contributed by atoms with van der Waals surface area (Å²) in [6.07, 6.45) is 1.50. The van der Waals surface area contributed by atoms with E-state index in [4.69, 9.17) is 5.84 Å². The van der Waals surface area contributed by atoms with Crippen LogP contribution in [-0.4, -0.2) is 24.9 Å². The Bertz CT molecular complexity index is 461. The molecule has 0 spiro atoms. The Labute approximate surface area is 105 Å². The molecule has 0 aromatic heterocycles. The third-order valence-electron chi connectivity index (χ3n) is 2.85. The second kappa shape index (κ2) is 5.50. The Morgan fingerprint density at radius 2 is 2.28 bits per heavy atom. The van der Waals surface area contributed by atoms with E-state index in [0.29, 0.717) is 6.42 Å². The zero-order valence-corrected chi connectivity index (χ0v) is 9.98. The number of anilines is 2. The van der Waals surface area contributed by atoms with Gasteiger partial charge in [0.1, 0.15) is 0 Å². The molecule has 96 valence electrons. The molecule has 0 bridgehead atoms. The van der Waals surface area contributed by atoms with Crippen LogP contribution in [-0.2, 0) is 9.59 Å². The molecule has 1 aromatic rings. The van der Waals surface area contributed by atoms with Gasteiger partial charge >= 0.3 is 0 Å². The molecule has 1 aliphatic heterocycles. The van der Waals surface area contributed by atoms with Gasteiger partial charge in [0.15, 0.2) is 0 Å². The van der Waals surface area contributed by atoms with Gasteiger partial charge in [0, 0.05) is 24.3 Å². The van der Waals surface area contributed by atoms with Gasteiger partial charge in [-0.15, -0.1) is 0 Å². The maximum atomic E-state index is 11.6. The summed E-state index contributed by atoms with van der Waals surface area (Å²) in [5, 5.41) is 2.94. The molecule has 1 aromatic carbocycles. The molecule has 0 aliphatic carbocycles. The maximum absolute atomic E-state index is 11.6. The summed E-state index contributed by atoms with van der Waals surface area (Å²) in [6.45, 7) is 0.861. The quantitative estimate of drug-likeness (QED) is 0.404. The topological polar surface area (TPSA) is 87.5 Å². The first-order valence-corrected chi connectivity index (χ1v) is 5.84. The smallest absolute Gasteiger partial charge is 0.253 e. The normalized spacial score (nSPS) is 14.7.